The van der Waals surface area contributed by atoms with Gasteiger partial charge in [-0.15, -0.1) is 0 Å². The molecule has 0 saturated heterocycles. The molecule has 4 nitrogen and oxygen atoms in total. The highest BCUT2D eigenvalue weighted by Crippen LogP contribution is 2.22. The summed E-state index contributed by atoms with van der Waals surface area (Å²) in [6, 6.07) is 6.01. The molecule has 24 heavy (non-hydrogen) atoms. The summed E-state index contributed by atoms with van der Waals surface area (Å²) in [6.07, 6.45) is -0.000110. The van der Waals surface area contributed by atoms with Gasteiger partial charge in [-0.25, -0.2) is 8.78 Å². The fourth-order valence-electron chi connectivity index (χ4n) is 2.04. The number of carbonyl (C=O) groups is 2. The number of nitrogens with two attached hydrogens (primary N) is 1. The summed E-state index contributed by atoms with van der Waals surface area (Å²) in [5.41, 5.74) is 5.41. The molecule has 0 aliphatic heterocycles. The Morgan fingerprint density at radius 2 is 1.83 bits per heavy atom. The number of amides is 2. The molecule has 2 rings (SSSR count). The first kappa shape index (κ1) is 18.2. The van der Waals surface area contributed by atoms with Crippen molar-refractivity contribution >= 4 is 35.0 Å². The van der Waals surface area contributed by atoms with E-state index in [9.17, 15) is 18.4 Å². The molecule has 3 N–H and O–H groups in total. The standard InChI is InChI=1S/C16H12Cl2F2N2O2/c17-9-2-1-8(12(18)6-9)5-14(15(21)23)22-16(24)11-4-3-10(19)7-13(11)20/h1-4,6-7,14H,5H2,(H2,21,23)(H,22,24)/t14-/m0/s1. The average Bonchev–Trinajstić information content (AvgIpc) is 2.48. The zero-order chi connectivity index (χ0) is 17.9. The van der Waals surface area contributed by atoms with Crippen molar-refractivity contribution in [1.82, 2.24) is 5.32 Å². The van der Waals surface area contributed by atoms with Crippen molar-refractivity contribution in [1.29, 1.82) is 0 Å². The van der Waals surface area contributed by atoms with E-state index in [-0.39, 0.29) is 6.42 Å². The molecule has 0 bridgehead atoms. The second-order valence-corrected chi connectivity index (χ2v) is 5.84. The second kappa shape index (κ2) is 7.59. The number of hydrogen-bond donors (Lipinski definition) is 2. The van der Waals surface area contributed by atoms with Crippen LogP contribution in [-0.4, -0.2) is 17.9 Å². The maximum absolute atomic E-state index is 13.6. The van der Waals surface area contributed by atoms with Gasteiger partial charge in [0, 0.05) is 22.5 Å². The molecule has 0 aliphatic carbocycles. The molecule has 0 aromatic heterocycles. The lowest BCUT2D eigenvalue weighted by atomic mass is 10.0. The minimum atomic E-state index is -1.12. The number of halogens is 4. The Hall–Kier alpha value is -2.18. The molecule has 2 amide bonds. The zero-order valence-electron chi connectivity index (χ0n) is 12.2. The van der Waals surface area contributed by atoms with Crippen molar-refractivity contribution in [2.75, 3.05) is 0 Å². The Bertz CT molecular complexity index is 800. The number of nitrogens with one attached hydrogen (secondary N) is 1. The van der Waals surface area contributed by atoms with Gasteiger partial charge in [0.05, 0.1) is 5.56 Å². The molecule has 8 heteroatoms. The summed E-state index contributed by atoms with van der Waals surface area (Å²) < 4.78 is 26.5. The van der Waals surface area contributed by atoms with Gasteiger partial charge in [-0.05, 0) is 29.8 Å². The van der Waals surface area contributed by atoms with Gasteiger partial charge in [0.2, 0.25) is 5.91 Å². The first-order valence-electron chi connectivity index (χ1n) is 6.77. The van der Waals surface area contributed by atoms with Crippen LogP contribution in [0.15, 0.2) is 36.4 Å². The number of primary amides is 1. The van der Waals surface area contributed by atoms with Gasteiger partial charge in [0.1, 0.15) is 17.7 Å². The first-order valence-corrected chi connectivity index (χ1v) is 7.52. The van der Waals surface area contributed by atoms with Gasteiger partial charge in [0.15, 0.2) is 0 Å². The lowest BCUT2D eigenvalue weighted by Gasteiger charge is -2.16. The third-order valence-corrected chi connectivity index (χ3v) is 3.85. The fraction of sp³-hybridized carbons (Fsp3) is 0.125. The SMILES string of the molecule is NC(=O)[C@H](Cc1ccc(Cl)cc1Cl)NC(=O)c1ccc(F)cc1F. The fourth-order valence-corrected chi connectivity index (χ4v) is 2.53. The molecule has 1 atom stereocenters. The van der Waals surface area contributed by atoms with Gasteiger partial charge >= 0.3 is 0 Å². The Kier molecular flexibility index (Phi) is 5.75. The van der Waals surface area contributed by atoms with Gasteiger partial charge in [-0.1, -0.05) is 29.3 Å². The Balaban J connectivity index is 2.19. The molecular weight excluding hydrogens is 361 g/mol. The third kappa shape index (κ3) is 4.43. The number of benzene rings is 2. The Labute approximate surface area is 146 Å². The van der Waals surface area contributed by atoms with E-state index in [4.69, 9.17) is 28.9 Å². The summed E-state index contributed by atoms with van der Waals surface area (Å²) in [5.74, 6) is -3.57. The largest absolute Gasteiger partial charge is 0.368 e. The summed E-state index contributed by atoms with van der Waals surface area (Å²) in [4.78, 5) is 23.7. The van der Waals surface area contributed by atoms with Crippen molar-refractivity contribution in [3.63, 3.8) is 0 Å². The second-order valence-electron chi connectivity index (χ2n) is 4.99. The Morgan fingerprint density at radius 1 is 1.12 bits per heavy atom. The van der Waals surface area contributed by atoms with Crippen molar-refractivity contribution in [3.8, 4) is 0 Å². The molecule has 2 aromatic rings. The number of carbonyl (C=O) groups excluding carboxylic acids is 2. The highest BCUT2D eigenvalue weighted by atomic mass is 35.5. The monoisotopic (exact) mass is 372 g/mol. The van der Waals surface area contributed by atoms with Gasteiger partial charge in [-0.2, -0.15) is 0 Å². The van der Waals surface area contributed by atoms with E-state index in [1.54, 1.807) is 12.1 Å². The lowest BCUT2D eigenvalue weighted by Crippen LogP contribution is -2.46. The van der Waals surface area contributed by atoms with E-state index in [0.29, 0.717) is 21.7 Å². The smallest absolute Gasteiger partial charge is 0.254 e. The minimum absolute atomic E-state index is 0.000110. The van der Waals surface area contributed by atoms with Crippen LogP contribution in [0.2, 0.25) is 10.0 Å². The molecule has 126 valence electrons. The maximum Gasteiger partial charge on any atom is 0.254 e. The molecule has 0 unspecified atom stereocenters. The summed E-state index contributed by atoms with van der Waals surface area (Å²) in [7, 11) is 0. The predicted molar refractivity (Wildman–Crippen MR) is 87.0 cm³/mol. The quantitative estimate of drug-likeness (QED) is 0.846. The molecule has 0 fully saturated rings. The van der Waals surface area contributed by atoms with Crippen molar-refractivity contribution < 1.29 is 18.4 Å². The molecule has 0 spiro atoms. The van der Waals surface area contributed by atoms with E-state index in [1.165, 1.54) is 6.07 Å². The average molecular weight is 373 g/mol. The predicted octanol–water partition coefficient (Wildman–Crippen LogP) is 3.10. The first-order chi connectivity index (χ1) is 11.3. The van der Waals surface area contributed by atoms with Crippen molar-refractivity contribution in [2.24, 2.45) is 5.73 Å². The molecule has 0 saturated carbocycles. The van der Waals surface area contributed by atoms with Crippen LogP contribution in [0.1, 0.15) is 15.9 Å². The van der Waals surface area contributed by atoms with Crippen LogP contribution >= 0.6 is 23.2 Å². The van der Waals surface area contributed by atoms with Crippen LogP contribution in [0.3, 0.4) is 0 Å². The van der Waals surface area contributed by atoms with Crippen LogP contribution in [0, 0.1) is 11.6 Å². The summed E-state index contributed by atoms with van der Waals surface area (Å²) in [6.45, 7) is 0. The van der Waals surface area contributed by atoms with Gasteiger partial charge in [0.25, 0.3) is 5.91 Å². The normalized spacial score (nSPS) is 11.8. The topological polar surface area (TPSA) is 72.2 Å². The third-order valence-electron chi connectivity index (χ3n) is 3.26. The molecule has 0 radical (unpaired) electrons. The molecule has 0 heterocycles. The van der Waals surface area contributed by atoms with Crippen molar-refractivity contribution in [3.05, 3.63) is 69.2 Å². The van der Waals surface area contributed by atoms with Gasteiger partial charge in [-0.3, -0.25) is 9.59 Å². The van der Waals surface area contributed by atoms with E-state index in [0.717, 1.165) is 12.1 Å². The van der Waals surface area contributed by atoms with Crippen molar-refractivity contribution in [2.45, 2.75) is 12.5 Å². The van der Waals surface area contributed by atoms with E-state index in [1.807, 2.05) is 0 Å². The van der Waals surface area contributed by atoms with Crippen LogP contribution < -0.4 is 11.1 Å². The number of rotatable bonds is 5. The Morgan fingerprint density at radius 3 is 2.42 bits per heavy atom. The van der Waals surface area contributed by atoms with E-state index in [2.05, 4.69) is 5.32 Å². The maximum atomic E-state index is 13.6. The van der Waals surface area contributed by atoms with Crippen LogP contribution in [0.5, 0.6) is 0 Å². The minimum Gasteiger partial charge on any atom is -0.368 e. The van der Waals surface area contributed by atoms with Gasteiger partial charge < -0.3 is 11.1 Å². The van der Waals surface area contributed by atoms with E-state index >= 15 is 0 Å². The summed E-state index contributed by atoms with van der Waals surface area (Å²) in [5, 5.41) is 3.03. The number of hydrogen-bond acceptors (Lipinski definition) is 2. The van der Waals surface area contributed by atoms with Crippen LogP contribution in [0.4, 0.5) is 8.78 Å². The summed E-state index contributed by atoms with van der Waals surface area (Å²) >= 11 is 11.8. The molecule has 2 aromatic carbocycles. The highest BCUT2D eigenvalue weighted by molar-refractivity contribution is 6.35. The van der Waals surface area contributed by atoms with Crippen LogP contribution in [-0.2, 0) is 11.2 Å². The van der Waals surface area contributed by atoms with Crippen LogP contribution in [0.25, 0.3) is 0 Å². The lowest BCUT2D eigenvalue weighted by molar-refractivity contribution is -0.119. The molecule has 0 aliphatic rings. The molecular formula is C16H12Cl2F2N2O2. The zero-order valence-corrected chi connectivity index (χ0v) is 13.7. The van der Waals surface area contributed by atoms with E-state index < -0.39 is 35.1 Å². The highest BCUT2D eigenvalue weighted by Gasteiger charge is 2.22.